The van der Waals surface area contributed by atoms with E-state index < -0.39 is 0 Å². The van der Waals surface area contributed by atoms with Crippen LogP contribution in [0.3, 0.4) is 0 Å². The van der Waals surface area contributed by atoms with Crippen molar-refractivity contribution in [3.8, 4) is 5.75 Å². The molecule has 6 rings (SSSR count). The van der Waals surface area contributed by atoms with Gasteiger partial charge in [0.1, 0.15) is 12.0 Å². The normalized spacial score (nSPS) is 19.0. The first-order valence-electron chi connectivity index (χ1n) is 12.9. The van der Waals surface area contributed by atoms with Crippen LogP contribution in [0.5, 0.6) is 5.75 Å². The van der Waals surface area contributed by atoms with E-state index in [0.29, 0.717) is 24.1 Å². The Hall–Kier alpha value is -3.61. The molecule has 2 saturated carbocycles. The number of hydrogen-bond donors (Lipinski definition) is 1. The number of rotatable bonds is 8. The molecule has 36 heavy (non-hydrogen) atoms. The summed E-state index contributed by atoms with van der Waals surface area (Å²) in [6.07, 6.45) is 6.54. The topological polar surface area (TPSA) is 84.7 Å². The van der Waals surface area contributed by atoms with E-state index in [-0.39, 0.29) is 36.1 Å². The third-order valence-corrected chi connectivity index (χ3v) is 7.31. The summed E-state index contributed by atoms with van der Waals surface area (Å²) >= 11 is 0. The van der Waals surface area contributed by atoms with Gasteiger partial charge in [-0.05, 0) is 73.8 Å². The van der Waals surface area contributed by atoms with Crippen molar-refractivity contribution in [3.05, 3.63) is 82.6 Å². The van der Waals surface area contributed by atoms with Gasteiger partial charge in [-0.1, -0.05) is 35.9 Å². The number of benzene rings is 2. The summed E-state index contributed by atoms with van der Waals surface area (Å²) in [6.45, 7) is 3.61. The number of nitrogens with one attached hydrogen (secondary N) is 1. The molecule has 1 N–H and O–H groups in total. The number of oxazole rings is 1. The van der Waals surface area contributed by atoms with E-state index in [2.05, 4.69) is 52.5 Å². The average molecular weight is 486 g/mol. The van der Waals surface area contributed by atoms with Gasteiger partial charge in [-0.25, -0.2) is 4.98 Å². The fourth-order valence-electron chi connectivity index (χ4n) is 4.96. The average Bonchev–Trinajstić information content (AvgIpc) is 3.83. The van der Waals surface area contributed by atoms with Crippen LogP contribution in [0.4, 0.5) is 0 Å². The fraction of sp³-hybridized carbons (Fsp3) is 0.414. The van der Waals surface area contributed by atoms with Crippen LogP contribution in [-0.2, 0) is 17.8 Å². The minimum Gasteiger partial charge on any atom is -0.484 e. The van der Waals surface area contributed by atoms with Gasteiger partial charge in [0, 0.05) is 19.0 Å². The number of nitrogens with zero attached hydrogens (tertiary/aromatic N) is 2. The highest BCUT2D eigenvalue weighted by Crippen LogP contribution is 2.41. The minimum atomic E-state index is -0.216. The maximum Gasteiger partial charge on any atom is 0.273 e. The quantitative estimate of drug-likeness (QED) is 0.505. The molecule has 2 fully saturated rings. The Morgan fingerprint density at radius 1 is 1.14 bits per heavy atom. The van der Waals surface area contributed by atoms with Crippen molar-refractivity contribution in [2.75, 3.05) is 13.1 Å². The lowest BCUT2D eigenvalue weighted by Gasteiger charge is -2.38. The molecule has 2 heterocycles. The Morgan fingerprint density at radius 3 is 2.78 bits per heavy atom. The number of aromatic nitrogens is 1. The number of fused-ring (bicyclic) bond motifs is 1. The van der Waals surface area contributed by atoms with E-state index >= 15 is 0 Å². The molecule has 7 heteroatoms. The molecule has 3 aromatic rings. The highest BCUT2D eigenvalue weighted by atomic mass is 16.5. The molecule has 0 saturated heterocycles. The van der Waals surface area contributed by atoms with Crippen molar-refractivity contribution in [2.24, 2.45) is 11.8 Å². The number of carbonyl (C=O) groups is 2. The van der Waals surface area contributed by atoms with Crippen molar-refractivity contribution in [2.45, 2.75) is 51.7 Å². The van der Waals surface area contributed by atoms with Crippen molar-refractivity contribution < 1.29 is 18.7 Å². The Labute approximate surface area is 210 Å². The standard InChI is InChI=1S/C29H31N3O4/c1-18-3-2-4-22(13-18)27-24-14-23(10-9-20(24)11-12-32(27)29(34)21-7-8-21)35-17-26-31-25(16-36-26)28(33)30-15-19-5-6-19/h2-4,9-10,13-14,16,19,21,27H,5-8,11-12,15,17H2,1H3,(H,30,33)/t27-/m1/s1. The molecule has 1 atom stereocenters. The second-order valence-electron chi connectivity index (χ2n) is 10.3. The predicted octanol–water partition coefficient (Wildman–Crippen LogP) is 4.59. The van der Waals surface area contributed by atoms with Gasteiger partial charge < -0.3 is 19.4 Å². The van der Waals surface area contributed by atoms with Gasteiger partial charge in [0.2, 0.25) is 11.8 Å². The Morgan fingerprint density at radius 2 is 2.00 bits per heavy atom. The van der Waals surface area contributed by atoms with E-state index in [0.717, 1.165) is 36.9 Å². The van der Waals surface area contributed by atoms with Crippen molar-refractivity contribution in [1.29, 1.82) is 0 Å². The van der Waals surface area contributed by atoms with Crippen LogP contribution >= 0.6 is 0 Å². The number of ether oxygens (including phenoxy) is 1. The monoisotopic (exact) mass is 485 g/mol. The Bertz CT molecular complexity index is 1290. The van der Waals surface area contributed by atoms with Crippen molar-refractivity contribution in [1.82, 2.24) is 15.2 Å². The van der Waals surface area contributed by atoms with E-state index in [1.807, 2.05) is 12.1 Å². The van der Waals surface area contributed by atoms with E-state index in [9.17, 15) is 9.59 Å². The summed E-state index contributed by atoms with van der Waals surface area (Å²) in [5.74, 6) is 1.85. The van der Waals surface area contributed by atoms with Crippen LogP contribution in [0.1, 0.15) is 70.4 Å². The maximum absolute atomic E-state index is 13.2. The molecule has 0 bridgehead atoms. The minimum absolute atomic E-state index is 0.120. The number of amides is 2. The highest BCUT2D eigenvalue weighted by Gasteiger charge is 2.39. The second kappa shape index (κ2) is 9.45. The number of hydrogen-bond acceptors (Lipinski definition) is 5. The number of carbonyl (C=O) groups excluding carboxylic acids is 2. The van der Waals surface area contributed by atoms with Crippen LogP contribution < -0.4 is 10.1 Å². The summed E-state index contributed by atoms with van der Waals surface area (Å²) in [7, 11) is 0. The SMILES string of the molecule is Cc1cccc([C@@H]2c3cc(OCc4nc(C(=O)NCC5CC5)co4)ccc3CCN2C(=O)C2CC2)c1. The highest BCUT2D eigenvalue weighted by molar-refractivity contribution is 5.91. The molecule has 3 aliphatic rings. The maximum atomic E-state index is 13.2. The third-order valence-electron chi connectivity index (χ3n) is 7.31. The molecule has 1 aliphatic heterocycles. The first-order valence-corrected chi connectivity index (χ1v) is 12.9. The molecular formula is C29H31N3O4. The summed E-state index contributed by atoms with van der Waals surface area (Å²) in [5, 5.41) is 2.90. The molecule has 0 spiro atoms. The van der Waals surface area contributed by atoms with Gasteiger partial charge in [0.15, 0.2) is 12.3 Å². The molecule has 2 aliphatic carbocycles. The lowest BCUT2D eigenvalue weighted by atomic mass is 9.87. The van der Waals surface area contributed by atoms with Crippen LogP contribution in [0, 0.1) is 18.8 Å². The second-order valence-corrected chi connectivity index (χ2v) is 10.3. The van der Waals surface area contributed by atoms with Crippen molar-refractivity contribution >= 4 is 11.8 Å². The summed E-state index contributed by atoms with van der Waals surface area (Å²) in [4.78, 5) is 31.8. The molecular weight excluding hydrogens is 454 g/mol. The van der Waals surface area contributed by atoms with E-state index in [1.165, 1.54) is 30.2 Å². The third kappa shape index (κ3) is 4.87. The molecule has 2 aromatic carbocycles. The van der Waals surface area contributed by atoms with Gasteiger partial charge >= 0.3 is 0 Å². The smallest absolute Gasteiger partial charge is 0.273 e. The molecule has 0 unspecified atom stereocenters. The van der Waals surface area contributed by atoms with E-state index in [4.69, 9.17) is 9.15 Å². The van der Waals surface area contributed by atoms with Gasteiger partial charge in [-0.3, -0.25) is 9.59 Å². The van der Waals surface area contributed by atoms with Crippen LogP contribution in [-0.4, -0.2) is 34.8 Å². The molecule has 2 amide bonds. The zero-order valence-electron chi connectivity index (χ0n) is 20.5. The van der Waals surface area contributed by atoms with Crippen LogP contribution in [0.25, 0.3) is 0 Å². The zero-order chi connectivity index (χ0) is 24.6. The largest absolute Gasteiger partial charge is 0.484 e. The lowest BCUT2D eigenvalue weighted by Crippen LogP contribution is -2.41. The molecule has 186 valence electrons. The van der Waals surface area contributed by atoms with E-state index in [1.54, 1.807) is 0 Å². The summed E-state index contributed by atoms with van der Waals surface area (Å²) in [6, 6.07) is 14.4. The summed E-state index contributed by atoms with van der Waals surface area (Å²) in [5.41, 5.74) is 4.90. The zero-order valence-corrected chi connectivity index (χ0v) is 20.5. The van der Waals surface area contributed by atoms with Gasteiger partial charge in [0.25, 0.3) is 5.91 Å². The Kier molecular flexibility index (Phi) is 5.99. The van der Waals surface area contributed by atoms with Gasteiger partial charge in [-0.2, -0.15) is 0 Å². The first-order chi connectivity index (χ1) is 17.5. The lowest BCUT2D eigenvalue weighted by molar-refractivity contribution is -0.134. The predicted molar refractivity (Wildman–Crippen MR) is 133 cm³/mol. The van der Waals surface area contributed by atoms with Gasteiger partial charge in [0.05, 0.1) is 6.04 Å². The van der Waals surface area contributed by atoms with Crippen LogP contribution in [0.15, 0.2) is 53.1 Å². The molecule has 1 aromatic heterocycles. The molecule has 7 nitrogen and oxygen atoms in total. The number of aryl methyl sites for hydroxylation is 1. The fourth-order valence-corrected chi connectivity index (χ4v) is 4.96. The van der Waals surface area contributed by atoms with Gasteiger partial charge in [-0.15, -0.1) is 0 Å². The first kappa shape index (κ1) is 22.8. The molecule has 0 radical (unpaired) electrons. The Balaban J connectivity index is 1.21. The van der Waals surface area contributed by atoms with Crippen molar-refractivity contribution in [3.63, 3.8) is 0 Å². The van der Waals surface area contributed by atoms with Crippen LogP contribution in [0.2, 0.25) is 0 Å². The summed E-state index contributed by atoms with van der Waals surface area (Å²) < 4.78 is 11.5.